The Morgan fingerprint density at radius 1 is 1.47 bits per heavy atom. The van der Waals surface area contributed by atoms with Gasteiger partial charge in [-0.15, -0.1) is 0 Å². The van der Waals surface area contributed by atoms with Gasteiger partial charge in [0.2, 0.25) is 5.91 Å². The van der Waals surface area contributed by atoms with Crippen molar-refractivity contribution in [2.45, 2.75) is 12.5 Å². The first-order valence-electron chi connectivity index (χ1n) is 5.56. The lowest BCUT2D eigenvalue weighted by Gasteiger charge is -2.30. The van der Waals surface area contributed by atoms with Gasteiger partial charge in [-0.2, -0.15) is 11.8 Å². The Hall–Kier alpha value is -0.950. The van der Waals surface area contributed by atoms with E-state index in [2.05, 4.69) is 5.32 Å². The number of ether oxygens (including phenoxy) is 1. The molecule has 1 aliphatic heterocycles. The molecule has 0 saturated carbocycles. The van der Waals surface area contributed by atoms with Crippen LogP contribution in [-0.2, 0) is 9.53 Å². The summed E-state index contributed by atoms with van der Waals surface area (Å²) in [6.07, 6.45) is 2.56. The summed E-state index contributed by atoms with van der Waals surface area (Å²) in [5, 5.41) is 2.51. The molecule has 1 fully saturated rings. The SMILES string of the molecule is CSCC[C@H](NC(N)=O)C(=O)N1CCOCC1. The summed E-state index contributed by atoms with van der Waals surface area (Å²) in [5.74, 6) is 0.738. The number of hydrogen-bond donors (Lipinski definition) is 2. The van der Waals surface area contributed by atoms with Gasteiger partial charge in [0.25, 0.3) is 0 Å². The first-order valence-corrected chi connectivity index (χ1v) is 6.96. The molecule has 0 radical (unpaired) electrons. The molecule has 0 aromatic heterocycles. The minimum Gasteiger partial charge on any atom is -0.378 e. The Labute approximate surface area is 105 Å². The molecule has 0 bridgehead atoms. The van der Waals surface area contributed by atoms with Crippen LogP contribution >= 0.6 is 11.8 Å². The van der Waals surface area contributed by atoms with Crippen molar-refractivity contribution in [3.8, 4) is 0 Å². The molecule has 1 saturated heterocycles. The number of nitrogens with zero attached hydrogens (tertiary/aromatic N) is 1. The van der Waals surface area contributed by atoms with Crippen LogP contribution in [0.15, 0.2) is 0 Å². The van der Waals surface area contributed by atoms with Gasteiger partial charge in [-0.1, -0.05) is 0 Å². The Bertz CT molecular complexity index is 270. The molecular weight excluding hydrogens is 242 g/mol. The number of urea groups is 1. The van der Waals surface area contributed by atoms with Crippen LogP contribution in [0.1, 0.15) is 6.42 Å². The summed E-state index contributed by atoms with van der Waals surface area (Å²) in [7, 11) is 0. The number of nitrogens with two attached hydrogens (primary N) is 1. The third-order valence-electron chi connectivity index (χ3n) is 2.55. The number of primary amides is 1. The van der Waals surface area contributed by atoms with Gasteiger partial charge in [-0.25, -0.2) is 4.79 Å². The first-order chi connectivity index (χ1) is 8.15. The second-order valence-corrected chi connectivity index (χ2v) is 4.77. The molecule has 6 nitrogen and oxygen atoms in total. The van der Waals surface area contributed by atoms with Crippen molar-refractivity contribution in [2.24, 2.45) is 5.73 Å². The minimum atomic E-state index is -0.655. The van der Waals surface area contributed by atoms with Gasteiger partial charge in [0, 0.05) is 13.1 Å². The summed E-state index contributed by atoms with van der Waals surface area (Å²) >= 11 is 1.63. The largest absolute Gasteiger partial charge is 0.378 e. The molecule has 0 aromatic carbocycles. The van der Waals surface area contributed by atoms with E-state index in [1.54, 1.807) is 16.7 Å². The monoisotopic (exact) mass is 261 g/mol. The number of rotatable bonds is 5. The predicted octanol–water partition coefficient (Wildman–Crippen LogP) is -0.365. The van der Waals surface area contributed by atoms with Crippen molar-refractivity contribution in [3.05, 3.63) is 0 Å². The molecule has 7 heteroatoms. The van der Waals surface area contributed by atoms with Gasteiger partial charge in [-0.05, 0) is 18.4 Å². The zero-order valence-electron chi connectivity index (χ0n) is 9.98. The van der Waals surface area contributed by atoms with Crippen molar-refractivity contribution in [3.63, 3.8) is 0 Å². The lowest BCUT2D eigenvalue weighted by Crippen LogP contribution is -2.53. The highest BCUT2D eigenvalue weighted by molar-refractivity contribution is 7.98. The highest BCUT2D eigenvalue weighted by atomic mass is 32.2. The third-order valence-corrected chi connectivity index (χ3v) is 3.19. The molecule has 1 heterocycles. The molecule has 0 aromatic rings. The van der Waals surface area contributed by atoms with Gasteiger partial charge in [0.05, 0.1) is 13.2 Å². The zero-order chi connectivity index (χ0) is 12.7. The predicted molar refractivity (Wildman–Crippen MR) is 66.9 cm³/mol. The van der Waals surface area contributed by atoms with Crippen LogP contribution in [0.4, 0.5) is 4.79 Å². The molecular formula is C10H19N3O3S. The maximum Gasteiger partial charge on any atom is 0.312 e. The summed E-state index contributed by atoms with van der Waals surface area (Å²) < 4.78 is 5.18. The molecule has 98 valence electrons. The molecule has 1 rings (SSSR count). The molecule has 1 aliphatic rings. The lowest BCUT2D eigenvalue weighted by molar-refractivity contribution is -0.137. The van der Waals surface area contributed by atoms with Gasteiger partial charge in [-0.3, -0.25) is 4.79 Å². The fraction of sp³-hybridized carbons (Fsp3) is 0.800. The van der Waals surface area contributed by atoms with Crippen LogP contribution in [0.25, 0.3) is 0 Å². The van der Waals surface area contributed by atoms with E-state index in [9.17, 15) is 9.59 Å². The fourth-order valence-electron chi connectivity index (χ4n) is 1.67. The quantitative estimate of drug-likeness (QED) is 0.707. The van der Waals surface area contributed by atoms with Gasteiger partial charge in [0.1, 0.15) is 6.04 Å². The summed E-state index contributed by atoms with van der Waals surface area (Å²) in [6, 6.07) is -1.17. The number of thioether (sulfide) groups is 1. The van der Waals surface area contributed by atoms with Gasteiger partial charge < -0.3 is 20.7 Å². The number of nitrogens with one attached hydrogen (secondary N) is 1. The highest BCUT2D eigenvalue weighted by Crippen LogP contribution is 2.06. The number of amides is 3. The smallest absolute Gasteiger partial charge is 0.312 e. The molecule has 0 aliphatic carbocycles. The number of hydrogen-bond acceptors (Lipinski definition) is 4. The Morgan fingerprint density at radius 2 is 2.12 bits per heavy atom. The summed E-state index contributed by atoms with van der Waals surface area (Å²) in [6.45, 7) is 2.26. The number of carbonyl (C=O) groups is 2. The second-order valence-electron chi connectivity index (χ2n) is 3.78. The minimum absolute atomic E-state index is 0.0684. The summed E-state index contributed by atoms with van der Waals surface area (Å²) in [4.78, 5) is 24.7. The number of carbonyl (C=O) groups excluding carboxylic acids is 2. The fourth-order valence-corrected chi connectivity index (χ4v) is 2.14. The normalized spacial score (nSPS) is 17.6. The van der Waals surface area contributed by atoms with Crippen molar-refractivity contribution < 1.29 is 14.3 Å². The Morgan fingerprint density at radius 3 is 2.65 bits per heavy atom. The Kier molecular flexibility index (Phi) is 6.13. The van der Waals surface area contributed by atoms with Crippen LogP contribution in [0, 0.1) is 0 Å². The van der Waals surface area contributed by atoms with Gasteiger partial charge >= 0.3 is 6.03 Å². The molecule has 3 amide bonds. The standard InChI is InChI=1S/C10H19N3O3S/c1-17-7-2-8(12-10(11)15)9(14)13-3-5-16-6-4-13/h8H,2-7H2,1H3,(H3,11,12,15)/t8-/m0/s1. The molecule has 0 spiro atoms. The van der Waals surface area contributed by atoms with Crippen LogP contribution in [0.2, 0.25) is 0 Å². The Balaban J connectivity index is 2.53. The van der Waals surface area contributed by atoms with E-state index in [1.807, 2.05) is 6.26 Å². The average Bonchev–Trinajstić information content (AvgIpc) is 2.34. The van der Waals surface area contributed by atoms with E-state index < -0.39 is 12.1 Å². The van der Waals surface area contributed by atoms with E-state index in [4.69, 9.17) is 10.5 Å². The lowest BCUT2D eigenvalue weighted by atomic mass is 10.2. The first kappa shape index (κ1) is 14.1. The van der Waals surface area contributed by atoms with E-state index in [1.165, 1.54) is 0 Å². The van der Waals surface area contributed by atoms with Crippen molar-refractivity contribution >= 4 is 23.7 Å². The molecule has 3 N–H and O–H groups in total. The van der Waals surface area contributed by atoms with Crippen molar-refractivity contribution in [1.82, 2.24) is 10.2 Å². The van der Waals surface area contributed by atoms with Crippen molar-refractivity contribution in [2.75, 3.05) is 38.3 Å². The second kappa shape index (κ2) is 7.39. The third kappa shape index (κ3) is 4.82. The van der Waals surface area contributed by atoms with Crippen LogP contribution in [0.5, 0.6) is 0 Å². The average molecular weight is 261 g/mol. The van der Waals surface area contributed by atoms with E-state index in [0.29, 0.717) is 32.7 Å². The van der Waals surface area contributed by atoms with Gasteiger partial charge in [0.15, 0.2) is 0 Å². The zero-order valence-corrected chi connectivity index (χ0v) is 10.8. The maximum atomic E-state index is 12.1. The summed E-state index contributed by atoms with van der Waals surface area (Å²) in [5.41, 5.74) is 5.08. The molecule has 17 heavy (non-hydrogen) atoms. The highest BCUT2D eigenvalue weighted by Gasteiger charge is 2.26. The van der Waals surface area contributed by atoms with Crippen molar-refractivity contribution in [1.29, 1.82) is 0 Å². The molecule has 1 atom stereocenters. The maximum absolute atomic E-state index is 12.1. The van der Waals surface area contributed by atoms with E-state index >= 15 is 0 Å². The van der Waals surface area contributed by atoms with Crippen LogP contribution in [-0.4, -0.2) is 61.2 Å². The van der Waals surface area contributed by atoms with Crippen LogP contribution in [0.3, 0.4) is 0 Å². The number of morpholine rings is 1. The van der Waals surface area contributed by atoms with E-state index in [0.717, 1.165) is 5.75 Å². The molecule has 0 unspecified atom stereocenters. The van der Waals surface area contributed by atoms with Crippen LogP contribution < -0.4 is 11.1 Å². The topological polar surface area (TPSA) is 84.7 Å². The van der Waals surface area contributed by atoms with E-state index in [-0.39, 0.29) is 5.91 Å².